The molecule has 1 aliphatic heterocycles. The Morgan fingerprint density at radius 3 is 2.38 bits per heavy atom. The number of carbonyl (C=O) groups is 1. The Kier molecular flexibility index (Phi) is 5.76. The highest BCUT2D eigenvalue weighted by molar-refractivity contribution is 5.94. The summed E-state index contributed by atoms with van der Waals surface area (Å²) in [6, 6.07) is 20.6. The minimum absolute atomic E-state index is 0.0152. The molecule has 5 nitrogen and oxygen atoms in total. The molecule has 1 amide bonds. The van der Waals surface area contributed by atoms with Crippen LogP contribution < -0.4 is 10.2 Å². The van der Waals surface area contributed by atoms with E-state index < -0.39 is 0 Å². The van der Waals surface area contributed by atoms with Gasteiger partial charge < -0.3 is 10.2 Å². The number of rotatable bonds is 5. The van der Waals surface area contributed by atoms with Gasteiger partial charge in [-0.3, -0.25) is 4.79 Å². The molecule has 0 spiro atoms. The molecule has 0 radical (unpaired) electrons. The molecule has 0 atom stereocenters. The maximum Gasteiger partial charge on any atom is 0.251 e. The minimum atomic E-state index is 0.0152. The van der Waals surface area contributed by atoms with Gasteiger partial charge >= 0.3 is 0 Å². The molecule has 0 saturated carbocycles. The van der Waals surface area contributed by atoms with E-state index in [0.717, 1.165) is 49.6 Å². The van der Waals surface area contributed by atoms with Crippen LogP contribution in [0, 0.1) is 13.8 Å². The Morgan fingerprint density at radius 1 is 1.07 bits per heavy atom. The number of hydrogen-bond acceptors (Lipinski definition) is 2. The van der Waals surface area contributed by atoms with Gasteiger partial charge in [0.05, 0.1) is 24.5 Å². The lowest BCUT2D eigenvalue weighted by molar-refractivity contribution is -0.918. The third-order valence-electron chi connectivity index (χ3n) is 5.71. The van der Waals surface area contributed by atoms with Gasteiger partial charge in [-0.15, -0.1) is 0 Å². The SMILES string of the molecule is Cc1cc(C)n(-c2ccc(C(=O)NC3CC[NH+](Cc4ccccc4)CC3)cc2)n1. The second kappa shape index (κ2) is 8.62. The van der Waals surface area contributed by atoms with Crippen LogP contribution in [-0.4, -0.2) is 34.8 Å². The van der Waals surface area contributed by atoms with Crippen molar-refractivity contribution in [3.05, 3.63) is 83.2 Å². The van der Waals surface area contributed by atoms with Crippen molar-refractivity contribution in [3.8, 4) is 5.69 Å². The fourth-order valence-corrected chi connectivity index (χ4v) is 4.14. The third kappa shape index (κ3) is 4.74. The van der Waals surface area contributed by atoms with Crippen LogP contribution in [0.3, 0.4) is 0 Å². The van der Waals surface area contributed by atoms with E-state index in [0.29, 0.717) is 5.56 Å². The van der Waals surface area contributed by atoms with Gasteiger partial charge in [0.2, 0.25) is 0 Å². The summed E-state index contributed by atoms with van der Waals surface area (Å²) in [6.45, 7) is 7.27. The largest absolute Gasteiger partial charge is 0.349 e. The van der Waals surface area contributed by atoms with Crippen molar-refractivity contribution in [1.82, 2.24) is 15.1 Å². The number of quaternary nitrogens is 1. The number of aryl methyl sites for hydroxylation is 2. The molecule has 2 aromatic carbocycles. The zero-order chi connectivity index (χ0) is 20.2. The van der Waals surface area contributed by atoms with Crippen LogP contribution in [0.4, 0.5) is 0 Å². The standard InChI is InChI=1S/C24H28N4O/c1-18-16-19(2)28(26-18)23-10-8-21(9-11-23)24(29)25-22-12-14-27(15-13-22)17-20-6-4-3-5-7-20/h3-11,16,22H,12-15,17H2,1-2H3,(H,25,29)/p+1. The lowest BCUT2D eigenvalue weighted by Gasteiger charge is -2.29. The van der Waals surface area contributed by atoms with Gasteiger partial charge in [-0.1, -0.05) is 30.3 Å². The molecule has 29 heavy (non-hydrogen) atoms. The smallest absolute Gasteiger partial charge is 0.251 e. The van der Waals surface area contributed by atoms with E-state index in [9.17, 15) is 4.79 Å². The lowest BCUT2D eigenvalue weighted by atomic mass is 10.0. The van der Waals surface area contributed by atoms with Crippen LogP contribution in [0.1, 0.15) is 40.2 Å². The number of aromatic nitrogens is 2. The number of carbonyl (C=O) groups excluding carboxylic acids is 1. The summed E-state index contributed by atoms with van der Waals surface area (Å²) in [5.41, 5.74) is 5.14. The Morgan fingerprint density at radius 2 is 1.76 bits per heavy atom. The summed E-state index contributed by atoms with van der Waals surface area (Å²) >= 11 is 0. The Bertz CT molecular complexity index is 954. The highest BCUT2D eigenvalue weighted by Crippen LogP contribution is 2.13. The van der Waals surface area contributed by atoms with Crippen LogP contribution in [0.15, 0.2) is 60.7 Å². The third-order valence-corrected chi connectivity index (χ3v) is 5.71. The van der Waals surface area contributed by atoms with Gasteiger partial charge in [-0.05, 0) is 44.2 Å². The van der Waals surface area contributed by atoms with Gasteiger partial charge in [0.25, 0.3) is 5.91 Å². The van der Waals surface area contributed by atoms with E-state index >= 15 is 0 Å². The quantitative estimate of drug-likeness (QED) is 0.704. The van der Waals surface area contributed by atoms with Gasteiger partial charge in [0.1, 0.15) is 6.54 Å². The molecule has 0 aliphatic carbocycles. The maximum absolute atomic E-state index is 12.7. The molecular weight excluding hydrogens is 360 g/mol. The molecule has 3 aromatic rings. The number of piperidine rings is 1. The summed E-state index contributed by atoms with van der Waals surface area (Å²) in [5.74, 6) is 0.0152. The lowest BCUT2D eigenvalue weighted by Crippen LogP contribution is -3.12. The molecule has 2 N–H and O–H groups in total. The predicted octanol–water partition coefficient (Wildman–Crippen LogP) is 2.47. The topological polar surface area (TPSA) is 51.4 Å². The van der Waals surface area contributed by atoms with Crippen molar-refractivity contribution in [2.24, 2.45) is 0 Å². The summed E-state index contributed by atoms with van der Waals surface area (Å²) in [7, 11) is 0. The minimum Gasteiger partial charge on any atom is -0.349 e. The molecule has 4 rings (SSSR count). The molecule has 1 fully saturated rings. The van der Waals surface area contributed by atoms with Gasteiger partial charge in [-0.25, -0.2) is 4.68 Å². The van der Waals surface area contributed by atoms with Crippen molar-refractivity contribution < 1.29 is 9.69 Å². The average Bonchev–Trinajstić information content (AvgIpc) is 3.08. The molecule has 1 saturated heterocycles. The summed E-state index contributed by atoms with van der Waals surface area (Å²) in [6.07, 6.45) is 2.05. The van der Waals surface area contributed by atoms with Gasteiger partial charge in [0, 0.05) is 35.7 Å². The number of benzene rings is 2. The predicted molar refractivity (Wildman–Crippen MR) is 114 cm³/mol. The van der Waals surface area contributed by atoms with Crippen LogP contribution in [-0.2, 0) is 6.54 Å². The highest BCUT2D eigenvalue weighted by atomic mass is 16.1. The van der Waals surface area contributed by atoms with Crippen molar-refractivity contribution in [2.75, 3.05) is 13.1 Å². The highest BCUT2D eigenvalue weighted by Gasteiger charge is 2.23. The Hall–Kier alpha value is -2.92. The van der Waals surface area contributed by atoms with Crippen molar-refractivity contribution in [1.29, 1.82) is 0 Å². The molecule has 0 bridgehead atoms. The number of nitrogens with zero attached hydrogens (tertiary/aromatic N) is 2. The zero-order valence-corrected chi connectivity index (χ0v) is 17.2. The second-order valence-corrected chi connectivity index (χ2v) is 8.05. The monoisotopic (exact) mass is 389 g/mol. The van der Waals surface area contributed by atoms with Crippen LogP contribution in [0.5, 0.6) is 0 Å². The number of amides is 1. The first-order valence-corrected chi connectivity index (χ1v) is 10.4. The second-order valence-electron chi connectivity index (χ2n) is 8.05. The summed E-state index contributed by atoms with van der Waals surface area (Å²) in [5, 5.41) is 7.72. The Labute approximate surface area is 172 Å². The molecule has 1 aromatic heterocycles. The van der Waals surface area contributed by atoms with E-state index in [1.807, 2.05) is 48.9 Å². The van der Waals surface area contributed by atoms with Crippen molar-refractivity contribution in [2.45, 2.75) is 39.3 Å². The summed E-state index contributed by atoms with van der Waals surface area (Å²) < 4.78 is 1.91. The van der Waals surface area contributed by atoms with Crippen molar-refractivity contribution >= 4 is 5.91 Å². The van der Waals surface area contributed by atoms with Gasteiger partial charge in [-0.2, -0.15) is 5.10 Å². The van der Waals surface area contributed by atoms with Crippen LogP contribution in [0.2, 0.25) is 0 Å². The molecule has 0 unspecified atom stereocenters. The van der Waals surface area contributed by atoms with Crippen LogP contribution >= 0.6 is 0 Å². The molecule has 150 valence electrons. The fourth-order valence-electron chi connectivity index (χ4n) is 4.14. The summed E-state index contributed by atoms with van der Waals surface area (Å²) in [4.78, 5) is 14.3. The number of hydrogen-bond donors (Lipinski definition) is 2. The van der Waals surface area contributed by atoms with E-state index in [1.54, 1.807) is 4.90 Å². The normalized spacial score (nSPS) is 19.1. The van der Waals surface area contributed by atoms with E-state index in [-0.39, 0.29) is 11.9 Å². The Balaban J connectivity index is 1.30. The molecule has 5 heteroatoms. The number of nitrogens with one attached hydrogen (secondary N) is 2. The molecule has 2 heterocycles. The first-order chi connectivity index (χ1) is 14.1. The molecule has 1 aliphatic rings. The fraction of sp³-hybridized carbons (Fsp3) is 0.333. The van der Waals surface area contributed by atoms with E-state index in [1.165, 1.54) is 5.56 Å². The molecular formula is C24H29N4O+. The van der Waals surface area contributed by atoms with E-state index in [4.69, 9.17) is 0 Å². The first kappa shape index (κ1) is 19.4. The maximum atomic E-state index is 12.7. The first-order valence-electron chi connectivity index (χ1n) is 10.4. The number of likely N-dealkylation sites (tertiary alicyclic amines) is 1. The van der Waals surface area contributed by atoms with Gasteiger partial charge in [0.15, 0.2) is 0 Å². The van der Waals surface area contributed by atoms with Crippen molar-refractivity contribution in [3.63, 3.8) is 0 Å². The average molecular weight is 390 g/mol. The van der Waals surface area contributed by atoms with Crippen LogP contribution in [0.25, 0.3) is 5.69 Å². The van der Waals surface area contributed by atoms with E-state index in [2.05, 4.69) is 40.7 Å². The zero-order valence-electron chi connectivity index (χ0n) is 17.2.